The van der Waals surface area contributed by atoms with E-state index >= 15 is 0 Å². The van der Waals surface area contributed by atoms with Gasteiger partial charge in [-0.25, -0.2) is 0 Å². The number of rotatable bonds is 8. The molecule has 0 bridgehead atoms. The van der Waals surface area contributed by atoms with Crippen LogP contribution < -0.4 is 5.32 Å². The molecule has 1 aliphatic rings. The lowest BCUT2D eigenvalue weighted by Gasteiger charge is -2.21. The second-order valence-electron chi connectivity index (χ2n) is 6.65. The molecule has 1 fully saturated rings. The van der Waals surface area contributed by atoms with Gasteiger partial charge in [0.25, 0.3) is 0 Å². The number of nitrogens with one attached hydrogen (secondary N) is 1. The fourth-order valence-electron chi connectivity index (χ4n) is 2.98. The van der Waals surface area contributed by atoms with E-state index in [1.54, 1.807) is 0 Å². The summed E-state index contributed by atoms with van der Waals surface area (Å²) in [4.78, 5) is 12.7. The van der Waals surface area contributed by atoms with Crippen LogP contribution in [0.5, 0.6) is 0 Å². The van der Waals surface area contributed by atoms with Crippen LogP contribution in [-0.4, -0.2) is 25.9 Å². The first-order chi connectivity index (χ1) is 12.1. The van der Waals surface area contributed by atoms with Gasteiger partial charge in [-0.1, -0.05) is 55.4 Å². The number of carbonyl (C=O) groups is 1. The van der Waals surface area contributed by atoms with Crippen molar-refractivity contribution in [2.24, 2.45) is 0 Å². The van der Waals surface area contributed by atoms with Crippen molar-refractivity contribution >= 4 is 17.7 Å². The zero-order chi connectivity index (χ0) is 17.8. The molecule has 1 aliphatic carbocycles. The van der Waals surface area contributed by atoms with Crippen LogP contribution in [0, 0.1) is 6.92 Å². The Hall–Kier alpha value is -1.82. The van der Waals surface area contributed by atoms with E-state index in [-0.39, 0.29) is 17.2 Å². The summed E-state index contributed by atoms with van der Waals surface area (Å²) in [5, 5.41) is 12.3. The molecule has 0 spiro atoms. The van der Waals surface area contributed by atoms with E-state index in [0.717, 1.165) is 29.4 Å². The summed E-state index contributed by atoms with van der Waals surface area (Å²) >= 11 is 1.50. The van der Waals surface area contributed by atoms with Crippen molar-refractivity contribution in [3.63, 3.8) is 0 Å². The molecule has 0 radical (unpaired) electrons. The number of amides is 1. The third-order valence-electron chi connectivity index (χ3n) is 4.49. The average Bonchev–Trinajstić information content (AvgIpc) is 3.39. The van der Waals surface area contributed by atoms with Crippen molar-refractivity contribution in [2.75, 3.05) is 0 Å². The fraction of sp³-hybridized carbons (Fsp3) is 0.526. The van der Waals surface area contributed by atoms with Gasteiger partial charge in [0.1, 0.15) is 5.82 Å². The Morgan fingerprint density at radius 2 is 2.04 bits per heavy atom. The average molecular weight is 359 g/mol. The lowest BCUT2D eigenvalue weighted by molar-refractivity contribution is -0.121. The summed E-state index contributed by atoms with van der Waals surface area (Å²) in [5.74, 6) is 0.987. The molecule has 3 rings (SSSR count). The van der Waals surface area contributed by atoms with Gasteiger partial charge < -0.3 is 9.88 Å². The highest BCUT2D eigenvalue weighted by atomic mass is 32.2. The van der Waals surface area contributed by atoms with Crippen LogP contribution in [0.1, 0.15) is 63.0 Å². The highest BCUT2D eigenvalue weighted by molar-refractivity contribution is 8.00. The smallest absolute Gasteiger partial charge is 0.233 e. The highest BCUT2D eigenvalue weighted by Gasteiger charge is 2.30. The Bertz CT molecular complexity index is 711. The van der Waals surface area contributed by atoms with Gasteiger partial charge in [0.05, 0.1) is 11.3 Å². The third-order valence-corrected chi connectivity index (χ3v) is 5.55. The van der Waals surface area contributed by atoms with Crippen molar-refractivity contribution in [3.8, 4) is 0 Å². The van der Waals surface area contributed by atoms with Gasteiger partial charge in [0.15, 0.2) is 5.16 Å². The number of hydrogen-bond donors (Lipinski definition) is 1. The zero-order valence-corrected chi connectivity index (χ0v) is 15.9. The molecule has 1 heterocycles. The van der Waals surface area contributed by atoms with E-state index in [1.165, 1.54) is 24.6 Å². The van der Waals surface area contributed by atoms with Crippen LogP contribution in [0.25, 0.3) is 0 Å². The van der Waals surface area contributed by atoms with Crippen molar-refractivity contribution in [3.05, 3.63) is 41.7 Å². The van der Waals surface area contributed by atoms with E-state index in [0.29, 0.717) is 6.04 Å². The highest BCUT2D eigenvalue weighted by Crippen LogP contribution is 2.39. The van der Waals surface area contributed by atoms with Crippen molar-refractivity contribution in [1.29, 1.82) is 0 Å². The molecule has 1 aromatic heterocycles. The first-order valence-corrected chi connectivity index (χ1v) is 9.91. The number of benzene rings is 1. The number of aromatic nitrogens is 3. The van der Waals surface area contributed by atoms with E-state index in [9.17, 15) is 4.79 Å². The SMILES string of the molecule is CCCC(NC(=O)C(C)Sc1nnc(C)n1C1CC1)c1ccccc1. The predicted octanol–water partition coefficient (Wildman–Crippen LogP) is 4.06. The van der Waals surface area contributed by atoms with Gasteiger partial charge in [-0.3, -0.25) is 4.79 Å². The molecule has 1 amide bonds. The van der Waals surface area contributed by atoms with Gasteiger partial charge in [-0.05, 0) is 38.7 Å². The minimum absolute atomic E-state index is 0.0512. The van der Waals surface area contributed by atoms with Crippen molar-refractivity contribution < 1.29 is 4.79 Å². The first-order valence-electron chi connectivity index (χ1n) is 9.03. The molecule has 1 N–H and O–H groups in total. The number of thioether (sulfide) groups is 1. The van der Waals surface area contributed by atoms with Crippen LogP contribution in [0.15, 0.2) is 35.5 Å². The minimum Gasteiger partial charge on any atom is -0.348 e. The lowest BCUT2D eigenvalue weighted by atomic mass is 10.0. The molecule has 0 saturated heterocycles. The predicted molar refractivity (Wildman–Crippen MR) is 101 cm³/mol. The molecule has 6 heteroatoms. The molecule has 25 heavy (non-hydrogen) atoms. The monoisotopic (exact) mass is 358 g/mol. The Labute approximate surface area is 153 Å². The van der Waals surface area contributed by atoms with Crippen LogP contribution in [0.4, 0.5) is 0 Å². The number of aryl methyl sites for hydroxylation is 1. The van der Waals surface area contributed by atoms with Gasteiger partial charge >= 0.3 is 0 Å². The fourth-order valence-corrected chi connectivity index (χ4v) is 3.95. The lowest BCUT2D eigenvalue weighted by Crippen LogP contribution is -2.34. The maximum absolute atomic E-state index is 12.7. The molecule has 0 aliphatic heterocycles. The summed E-state index contributed by atoms with van der Waals surface area (Å²) in [6, 6.07) is 10.8. The second-order valence-corrected chi connectivity index (χ2v) is 7.96. The van der Waals surface area contributed by atoms with Crippen LogP contribution in [0.2, 0.25) is 0 Å². The number of nitrogens with zero attached hydrogens (tertiary/aromatic N) is 3. The Kier molecular flexibility index (Phi) is 5.78. The molecule has 2 aromatic rings. The van der Waals surface area contributed by atoms with E-state index in [4.69, 9.17) is 0 Å². The van der Waals surface area contributed by atoms with Gasteiger partial charge in [-0.2, -0.15) is 0 Å². The quantitative estimate of drug-likeness (QED) is 0.723. The second kappa shape index (κ2) is 8.04. The van der Waals surface area contributed by atoms with Gasteiger partial charge in [0, 0.05) is 6.04 Å². The summed E-state index contributed by atoms with van der Waals surface area (Å²) in [6.07, 6.45) is 4.32. The molecule has 1 aromatic carbocycles. The molecule has 2 unspecified atom stereocenters. The van der Waals surface area contributed by atoms with Crippen LogP contribution in [-0.2, 0) is 4.79 Å². The van der Waals surface area contributed by atoms with E-state index in [1.807, 2.05) is 32.0 Å². The number of hydrogen-bond acceptors (Lipinski definition) is 4. The largest absolute Gasteiger partial charge is 0.348 e. The van der Waals surface area contributed by atoms with Crippen LogP contribution >= 0.6 is 11.8 Å². The molecule has 1 saturated carbocycles. The maximum atomic E-state index is 12.7. The zero-order valence-electron chi connectivity index (χ0n) is 15.1. The van der Waals surface area contributed by atoms with E-state index < -0.39 is 0 Å². The topological polar surface area (TPSA) is 59.8 Å². The van der Waals surface area contributed by atoms with Gasteiger partial charge in [0.2, 0.25) is 5.91 Å². The van der Waals surface area contributed by atoms with Crippen molar-refractivity contribution in [1.82, 2.24) is 20.1 Å². The normalized spacial score (nSPS) is 16.4. The Morgan fingerprint density at radius 1 is 1.32 bits per heavy atom. The molecular formula is C19H26N4OS. The Balaban J connectivity index is 1.65. The Morgan fingerprint density at radius 3 is 2.68 bits per heavy atom. The van der Waals surface area contributed by atoms with E-state index in [2.05, 4.69) is 39.1 Å². The minimum atomic E-state index is -0.204. The first kappa shape index (κ1) is 18.0. The standard InChI is InChI=1S/C19H26N4OS/c1-4-8-17(15-9-6-5-7-10-15)20-18(24)13(2)25-19-22-21-14(3)23(19)16-11-12-16/h5-7,9-10,13,16-17H,4,8,11-12H2,1-3H3,(H,20,24). The number of carbonyl (C=O) groups excluding carboxylic acids is 1. The van der Waals surface area contributed by atoms with Gasteiger partial charge in [-0.15, -0.1) is 10.2 Å². The molecule has 2 atom stereocenters. The summed E-state index contributed by atoms with van der Waals surface area (Å²) in [5.41, 5.74) is 1.16. The maximum Gasteiger partial charge on any atom is 0.233 e. The summed E-state index contributed by atoms with van der Waals surface area (Å²) in [7, 11) is 0. The van der Waals surface area contributed by atoms with Crippen LogP contribution in [0.3, 0.4) is 0 Å². The molecule has 5 nitrogen and oxygen atoms in total. The van der Waals surface area contributed by atoms with Crippen molar-refractivity contribution in [2.45, 2.75) is 68.9 Å². The molecular weight excluding hydrogens is 332 g/mol. The summed E-state index contributed by atoms with van der Waals surface area (Å²) < 4.78 is 2.18. The molecule has 134 valence electrons. The third kappa shape index (κ3) is 4.42. The summed E-state index contributed by atoms with van der Waals surface area (Å²) in [6.45, 7) is 6.06.